The van der Waals surface area contributed by atoms with Crippen LogP contribution >= 0.6 is 0 Å². The summed E-state index contributed by atoms with van der Waals surface area (Å²) in [6, 6.07) is 8.15. The van der Waals surface area contributed by atoms with E-state index in [0.29, 0.717) is 18.5 Å². The summed E-state index contributed by atoms with van der Waals surface area (Å²) in [6.45, 7) is 1.55. The third-order valence-corrected chi connectivity index (χ3v) is 8.85. The van der Waals surface area contributed by atoms with Crippen LogP contribution in [0.15, 0.2) is 53.8 Å². The Morgan fingerprint density at radius 3 is 2.55 bits per heavy atom. The average molecular weight is 591 g/mol. The Kier molecular flexibility index (Phi) is 6.80. The molecule has 4 aromatic rings. The Morgan fingerprint density at radius 2 is 1.90 bits per heavy atom. The number of nitrogens with zero attached hydrogens (tertiary/aromatic N) is 6. The van der Waals surface area contributed by atoms with E-state index in [-0.39, 0.29) is 43.2 Å². The quantitative estimate of drug-likeness (QED) is 0.302. The average Bonchev–Trinajstić information content (AvgIpc) is 3.49. The number of benzene rings is 1. The number of hydrogen-bond donors (Lipinski definition) is 0. The van der Waals surface area contributed by atoms with Crippen LogP contribution in [0.25, 0.3) is 11.2 Å². The van der Waals surface area contributed by atoms with E-state index >= 15 is 0 Å². The SMILES string of the molecule is COC1CC(c2cccc(-n3cc4c(C(F)(F)F)cc(CN5CCC(F)(F)[C@H](C)C5)cn4c3=O)c2)(c2nncn2C)C1. The number of rotatable bonds is 6. The number of likely N-dealkylation sites (tertiary alicyclic amines) is 1. The second kappa shape index (κ2) is 10.0. The molecule has 224 valence electrons. The molecule has 1 saturated carbocycles. The third kappa shape index (κ3) is 4.72. The van der Waals surface area contributed by atoms with Crippen LogP contribution in [-0.2, 0) is 29.9 Å². The largest absolute Gasteiger partial charge is 0.418 e. The molecule has 1 aliphatic heterocycles. The highest BCUT2D eigenvalue weighted by molar-refractivity contribution is 5.58. The lowest BCUT2D eigenvalue weighted by Gasteiger charge is -2.46. The van der Waals surface area contributed by atoms with Crippen molar-refractivity contribution in [1.29, 1.82) is 0 Å². The van der Waals surface area contributed by atoms with E-state index in [4.69, 9.17) is 4.74 Å². The molecule has 0 bridgehead atoms. The fourth-order valence-electron chi connectivity index (χ4n) is 6.41. The number of pyridine rings is 1. The number of alkyl halides is 5. The van der Waals surface area contributed by atoms with Crippen LogP contribution in [0.2, 0.25) is 0 Å². The van der Waals surface area contributed by atoms with Gasteiger partial charge in [0, 0.05) is 58.5 Å². The van der Waals surface area contributed by atoms with Crippen LogP contribution in [0.1, 0.15) is 48.7 Å². The Bertz CT molecular complexity index is 1680. The first kappa shape index (κ1) is 28.5. The van der Waals surface area contributed by atoms with Crippen molar-refractivity contribution in [2.45, 2.75) is 56.3 Å². The van der Waals surface area contributed by atoms with Crippen LogP contribution in [0.4, 0.5) is 22.0 Å². The van der Waals surface area contributed by atoms with E-state index in [1.165, 1.54) is 23.9 Å². The highest BCUT2D eigenvalue weighted by Crippen LogP contribution is 2.49. The Hall–Kier alpha value is -3.58. The van der Waals surface area contributed by atoms with Crippen LogP contribution < -0.4 is 5.69 Å². The zero-order valence-corrected chi connectivity index (χ0v) is 23.4. The number of aromatic nitrogens is 5. The summed E-state index contributed by atoms with van der Waals surface area (Å²) >= 11 is 0. The third-order valence-electron chi connectivity index (χ3n) is 8.85. The molecule has 42 heavy (non-hydrogen) atoms. The molecule has 6 rings (SSSR count). The van der Waals surface area contributed by atoms with Gasteiger partial charge in [0.25, 0.3) is 5.92 Å². The minimum atomic E-state index is -4.74. The molecule has 1 aromatic carbocycles. The summed E-state index contributed by atoms with van der Waals surface area (Å²) in [4.78, 5) is 15.3. The number of methoxy groups -OCH3 is 1. The van der Waals surface area contributed by atoms with Crippen LogP contribution in [0.3, 0.4) is 0 Å². The molecule has 0 unspecified atom stereocenters. The first-order valence-corrected chi connectivity index (χ1v) is 13.7. The first-order chi connectivity index (χ1) is 19.8. The van der Waals surface area contributed by atoms with Crippen molar-refractivity contribution in [3.63, 3.8) is 0 Å². The number of hydrogen-bond acceptors (Lipinski definition) is 5. The Balaban J connectivity index is 1.41. The first-order valence-electron chi connectivity index (χ1n) is 13.7. The highest BCUT2D eigenvalue weighted by atomic mass is 19.4. The van der Waals surface area contributed by atoms with Crippen molar-refractivity contribution in [3.8, 4) is 5.69 Å². The molecule has 0 amide bonds. The maximum atomic E-state index is 14.3. The van der Waals surface area contributed by atoms with E-state index < -0.39 is 34.7 Å². The minimum Gasteiger partial charge on any atom is -0.381 e. The second-order valence-corrected chi connectivity index (χ2v) is 11.6. The summed E-state index contributed by atoms with van der Waals surface area (Å²) in [7, 11) is 3.49. The molecule has 1 saturated heterocycles. The highest BCUT2D eigenvalue weighted by Gasteiger charge is 2.50. The van der Waals surface area contributed by atoms with E-state index in [9.17, 15) is 26.7 Å². The molecule has 13 heteroatoms. The van der Waals surface area contributed by atoms with E-state index in [2.05, 4.69) is 10.2 Å². The lowest BCUT2D eigenvalue weighted by Crippen LogP contribution is -2.48. The van der Waals surface area contributed by atoms with E-state index in [1.807, 2.05) is 17.7 Å². The molecule has 0 N–H and O–H groups in total. The molecular formula is C29H31F5N6O2. The van der Waals surface area contributed by atoms with Gasteiger partial charge in [-0.3, -0.25) is 13.9 Å². The lowest BCUT2D eigenvalue weighted by atomic mass is 9.62. The van der Waals surface area contributed by atoms with Gasteiger partial charge in [0.1, 0.15) is 12.2 Å². The normalized spacial score (nSPS) is 24.7. The molecule has 8 nitrogen and oxygen atoms in total. The maximum absolute atomic E-state index is 14.3. The van der Waals surface area contributed by atoms with Crippen LogP contribution in [0.5, 0.6) is 0 Å². The number of halogens is 5. The van der Waals surface area contributed by atoms with Gasteiger partial charge in [-0.1, -0.05) is 19.1 Å². The van der Waals surface area contributed by atoms with E-state index in [1.54, 1.807) is 36.5 Å². The summed E-state index contributed by atoms with van der Waals surface area (Å²) in [5, 5.41) is 8.36. The van der Waals surface area contributed by atoms with Gasteiger partial charge in [-0.15, -0.1) is 10.2 Å². The van der Waals surface area contributed by atoms with Gasteiger partial charge < -0.3 is 9.30 Å². The summed E-state index contributed by atoms with van der Waals surface area (Å²) in [6.07, 6.45) is 0.358. The predicted octanol–water partition coefficient (Wildman–Crippen LogP) is 4.81. The van der Waals surface area contributed by atoms with Gasteiger partial charge in [-0.2, -0.15) is 13.2 Å². The molecule has 0 spiro atoms. The van der Waals surface area contributed by atoms with Gasteiger partial charge in [0.2, 0.25) is 0 Å². The monoisotopic (exact) mass is 590 g/mol. The number of aryl methyl sites for hydroxylation is 1. The zero-order valence-electron chi connectivity index (χ0n) is 23.4. The standard InChI is InChI=1S/C29H31F5N6O2/c1-18-13-38(8-7-28(18,30)31)14-19-9-23(29(32,33)34)24-16-39(26(41)40(24)15-19)21-6-4-5-20(10-21)27(11-22(12-27)42-3)25-36-35-17-37(25)2/h4-6,9-10,15-18,22H,7-8,11-14H2,1-3H3/t18-,22?,27?/m1/s1. The molecule has 1 atom stereocenters. The molecule has 1 aliphatic carbocycles. The number of piperidine rings is 1. The van der Waals surface area contributed by atoms with Crippen molar-refractivity contribution in [3.05, 3.63) is 82.1 Å². The summed E-state index contributed by atoms with van der Waals surface area (Å²) in [5.41, 5.74) is -0.959. The summed E-state index contributed by atoms with van der Waals surface area (Å²) in [5.74, 6) is -3.00. The van der Waals surface area contributed by atoms with Crippen molar-refractivity contribution in [2.24, 2.45) is 13.0 Å². The van der Waals surface area contributed by atoms with Gasteiger partial charge in [-0.05, 0) is 42.2 Å². The van der Waals surface area contributed by atoms with Crippen molar-refractivity contribution in [1.82, 2.24) is 28.6 Å². The molecule has 0 radical (unpaired) electrons. The predicted molar refractivity (Wildman–Crippen MR) is 144 cm³/mol. The zero-order chi connectivity index (χ0) is 30.0. The van der Waals surface area contributed by atoms with E-state index in [0.717, 1.165) is 21.9 Å². The minimum absolute atomic E-state index is 0.00651. The fraction of sp³-hybridized carbons (Fsp3) is 0.483. The Labute approximate surface area is 238 Å². The van der Waals surface area contributed by atoms with Crippen LogP contribution in [0, 0.1) is 5.92 Å². The number of fused-ring (bicyclic) bond motifs is 1. The second-order valence-electron chi connectivity index (χ2n) is 11.6. The maximum Gasteiger partial charge on any atom is 0.418 e. The Morgan fingerprint density at radius 1 is 1.14 bits per heavy atom. The number of imidazole rings is 1. The topological polar surface area (TPSA) is 69.6 Å². The molecule has 2 aliphatic rings. The van der Waals surface area contributed by atoms with Gasteiger partial charge in [0.05, 0.1) is 28.3 Å². The molecular weight excluding hydrogens is 559 g/mol. The van der Waals surface area contributed by atoms with Gasteiger partial charge >= 0.3 is 11.9 Å². The van der Waals surface area contributed by atoms with Crippen molar-refractivity contribution < 1.29 is 26.7 Å². The number of ether oxygens (including phenoxy) is 1. The van der Waals surface area contributed by atoms with Crippen LogP contribution in [-0.4, -0.2) is 60.9 Å². The summed E-state index contributed by atoms with van der Waals surface area (Å²) < 4.78 is 80.3. The fourth-order valence-corrected chi connectivity index (χ4v) is 6.41. The smallest absolute Gasteiger partial charge is 0.381 e. The molecule has 3 aromatic heterocycles. The van der Waals surface area contributed by atoms with Gasteiger partial charge in [-0.25, -0.2) is 13.6 Å². The van der Waals surface area contributed by atoms with Crippen molar-refractivity contribution in [2.75, 3.05) is 20.2 Å². The lowest BCUT2D eigenvalue weighted by molar-refractivity contribution is -0.136. The molecule has 2 fully saturated rings. The molecule has 4 heterocycles. The van der Waals surface area contributed by atoms with Gasteiger partial charge in [0.15, 0.2) is 0 Å². The van der Waals surface area contributed by atoms with Crippen molar-refractivity contribution >= 4 is 5.52 Å².